The average molecular weight is 626 g/mol. The van der Waals surface area contributed by atoms with E-state index in [1.54, 1.807) is 11.8 Å². The summed E-state index contributed by atoms with van der Waals surface area (Å²) in [4.78, 5) is 3.55. The lowest BCUT2D eigenvalue weighted by molar-refractivity contribution is 0.636. The largest absolute Gasteiger partial charge is 0.347 e. The van der Waals surface area contributed by atoms with Gasteiger partial charge in [0, 0.05) is 34.2 Å². The van der Waals surface area contributed by atoms with Gasteiger partial charge in [0.25, 0.3) is 0 Å². The standard InChI is InChI=1S/C40H43N5S/c1-28-16-11-12-21-33(28)39(3,4)29(2)24-25-30-17-15-18-31(26-27-36-40(5,6)34-22-13-14-23-35(34)44(36)7)37(30)46-38-41-42-43-45(38)32-19-9-8-10-20-32/h8-14,16,19-27H,2,15,17-18H2,1,3-7H3/b25-24+,31-26+,36-27+. The van der Waals surface area contributed by atoms with Crippen molar-refractivity contribution in [3.8, 4) is 5.69 Å². The van der Waals surface area contributed by atoms with Crippen molar-refractivity contribution in [3.63, 3.8) is 0 Å². The lowest BCUT2D eigenvalue weighted by Crippen LogP contribution is -2.22. The Morgan fingerprint density at radius 2 is 1.65 bits per heavy atom. The quantitative estimate of drug-likeness (QED) is 0.182. The van der Waals surface area contributed by atoms with Gasteiger partial charge < -0.3 is 4.90 Å². The zero-order valence-corrected chi connectivity index (χ0v) is 28.6. The van der Waals surface area contributed by atoms with Gasteiger partial charge in [-0.05, 0) is 106 Å². The second-order valence-electron chi connectivity index (χ2n) is 13.3. The molecule has 0 spiro atoms. The maximum absolute atomic E-state index is 4.55. The number of fused-ring (bicyclic) bond motifs is 1. The van der Waals surface area contributed by atoms with Crippen molar-refractivity contribution in [2.24, 2.45) is 0 Å². The number of likely N-dealkylation sites (N-methyl/N-ethyl adjacent to an activating group) is 1. The molecule has 0 fully saturated rings. The predicted molar refractivity (Wildman–Crippen MR) is 192 cm³/mol. The van der Waals surface area contributed by atoms with Crippen LogP contribution in [0.15, 0.2) is 142 Å². The zero-order valence-electron chi connectivity index (χ0n) is 27.8. The van der Waals surface area contributed by atoms with Crippen molar-refractivity contribution in [2.45, 2.75) is 69.9 Å². The summed E-state index contributed by atoms with van der Waals surface area (Å²) in [6, 6.07) is 27.4. The molecule has 234 valence electrons. The minimum Gasteiger partial charge on any atom is -0.347 e. The highest BCUT2D eigenvalue weighted by Gasteiger charge is 2.38. The lowest BCUT2D eigenvalue weighted by Gasteiger charge is -2.28. The van der Waals surface area contributed by atoms with Crippen LogP contribution in [0.5, 0.6) is 0 Å². The number of nitrogens with zero attached hydrogens (tertiary/aromatic N) is 5. The van der Waals surface area contributed by atoms with Crippen LogP contribution in [0.2, 0.25) is 0 Å². The van der Waals surface area contributed by atoms with Crippen LogP contribution >= 0.6 is 11.8 Å². The topological polar surface area (TPSA) is 46.8 Å². The number of rotatable bonds is 8. The Morgan fingerprint density at radius 3 is 2.41 bits per heavy atom. The predicted octanol–water partition coefficient (Wildman–Crippen LogP) is 9.83. The monoisotopic (exact) mass is 625 g/mol. The van der Waals surface area contributed by atoms with E-state index in [1.165, 1.54) is 44.1 Å². The third kappa shape index (κ3) is 5.94. The van der Waals surface area contributed by atoms with Crippen molar-refractivity contribution in [1.82, 2.24) is 20.2 Å². The Labute approximate surface area is 278 Å². The fourth-order valence-electron chi connectivity index (χ4n) is 6.75. The van der Waals surface area contributed by atoms with Gasteiger partial charge in [0.05, 0.1) is 5.69 Å². The van der Waals surface area contributed by atoms with E-state index in [4.69, 9.17) is 0 Å². The molecule has 0 amide bonds. The number of benzene rings is 3. The third-order valence-electron chi connectivity index (χ3n) is 9.60. The minimum absolute atomic E-state index is 0.0902. The van der Waals surface area contributed by atoms with Gasteiger partial charge in [-0.3, -0.25) is 0 Å². The molecule has 46 heavy (non-hydrogen) atoms. The second-order valence-corrected chi connectivity index (χ2v) is 14.2. The normalized spacial score (nSPS) is 18.2. The summed E-state index contributed by atoms with van der Waals surface area (Å²) in [6.07, 6.45) is 12.2. The Morgan fingerprint density at radius 1 is 0.935 bits per heavy atom. The highest BCUT2D eigenvalue weighted by Crippen LogP contribution is 2.47. The fraction of sp³-hybridized carbons (Fsp3) is 0.275. The molecule has 0 atom stereocenters. The number of thioether (sulfide) groups is 1. The van der Waals surface area contributed by atoms with E-state index < -0.39 is 0 Å². The summed E-state index contributed by atoms with van der Waals surface area (Å²) >= 11 is 1.65. The van der Waals surface area contributed by atoms with Crippen LogP contribution in [0.1, 0.15) is 63.6 Å². The van der Waals surface area contributed by atoms with Gasteiger partial charge in [-0.2, -0.15) is 4.68 Å². The average Bonchev–Trinajstić information content (AvgIpc) is 3.60. The van der Waals surface area contributed by atoms with E-state index in [-0.39, 0.29) is 10.8 Å². The Kier molecular flexibility index (Phi) is 8.75. The molecule has 1 aromatic heterocycles. The Hall–Kier alpha value is -4.42. The van der Waals surface area contributed by atoms with Crippen molar-refractivity contribution in [3.05, 3.63) is 154 Å². The van der Waals surface area contributed by atoms with Crippen LogP contribution in [-0.4, -0.2) is 27.3 Å². The molecule has 0 saturated carbocycles. The molecule has 0 unspecified atom stereocenters. The molecule has 0 bridgehead atoms. The summed E-state index contributed by atoms with van der Waals surface area (Å²) in [5.74, 6) is 0. The van der Waals surface area contributed by atoms with E-state index in [0.717, 1.165) is 35.7 Å². The number of para-hydroxylation sites is 2. The highest BCUT2D eigenvalue weighted by molar-refractivity contribution is 8.03. The molecule has 6 heteroatoms. The zero-order chi connectivity index (χ0) is 32.5. The van der Waals surface area contributed by atoms with Crippen LogP contribution in [0.4, 0.5) is 5.69 Å². The molecule has 0 radical (unpaired) electrons. The first-order valence-electron chi connectivity index (χ1n) is 16.0. The van der Waals surface area contributed by atoms with Crippen LogP contribution in [0.3, 0.4) is 0 Å². The molecule has 3 aromatic carbocycles. The lowest BCUT2D eigenvalue weighted by atomic mass is 9.76. The van der Waals surface area contributed by atoms with Gasteiger partial charge in [-0.15, -0.1) is 5.10 Å². The molecule has 2 heterocycles. The molecule has 2 aliphatic rings. The maximum Gasteiger partial charge on any atom is 0.218 e. The van der Waals surface area contributed by atoms with Gasteiger partial charge in [0.15, 0.2) is 0 Å². The van der Waals surface area contributed by atoms with Crippen LogP contribution in [0, 0.1) is 6.92 Å². The molecule has 4 aromatic rings. The van der Waals surface area contributed by atoms with Crippen molar-refractivity contribution in [2.75, 3.05) is 11.9 Å². The number of aryl methyl sites for hydroxylation is 1. The van der Waals surface area contributed by atoms with Crippen molar-refractivity contribution >= 4 is 17.4 Å². The smallest absolute Gasteiger partial charge is 0.218 e. The van der Waals surface area contributed by atoms with Gasteiger partial charge in [0.1, 0.15) is 0 Å². The minimum atomic E-state index is -0.196. The third-order valence-corrected chi connectivity index (χ3v) is 10.8. The molecule has 6 rings (SSSR count). The SMILES string of the molecule is C=C(/C=C/C1=C(Sc2nnnn2-c2ccccc2)C(=C/C=C2/N(C)c3ccccc3C2(C)C)/CCC1)C(C)(C)c1ccccc1C. The van der Waals surface area contributed by atoms with Crippen LogP contribution in [-0.2, 0) is 10.8 Å². The summed E-state index contributed by atoms with van der Waals surface area (Å²) in [5, 5.41) is 13.7. The number of tetrazole rings is 1. The van der Waals surface area contributed by atoms with E-state index in [2.05, 4.69) is 142 Å². The fourth-order valence-corrected chi connectivity index (χ4v) is 7.85. The molecule has 1 aliphatic heterocycles. The number of hydrogen-bond acceptors (Lipinski definition) is 5. The highest BCUT2D eigenvalue weighted by atomic mass is 32.2. The number of anilines is 1. The molecule has 1 aliphatic carbocycles. The van der Waals surface area contributed by atoms with E-state index in [0.29, 0.717) is 0 Å². The molecular weight excluding hydrogens is 583 g/mol. The van der Waals surface area contributed by atoms with Gasteiger partial charge in [0.2, 0.25) is 5.16 Å². The molecular formula is C40H43N5S. The first-order valence-corrected chi connectivity index (χ1v) is 16.8. The van der Waals surface area contributed by atoms with Gasteiger partial charge in [-0.25, -0.2) is 0 Å². The molecule has 5 nitrogen and oxygen atoms in total. The molecule has 0 saturated heterocycles. The maximum atomic E-state index is 4.55. The van der Waals surface area contributed by atoms with Crippen molar-refractivity contribution in [1.29, 1.82) is 0 Å². The van der Waals surface area contributed by atoms with E-state index in [9.17, 15) is 0 Å². The Balaban J connectivity index is 1.41. The van der Waals surface area contributed by atoms with E-state index in [1.807, 2.05) is 35.0 Å². The summed E-state index contributed by atoms with van der Waals surface area (Å²) < 4.78 is 1.83. The summed E-state index contributed by atoms with van der Waals surface area (Å²) in [6.45, 7) is 15.9. The van der Waals surface area contributed by atoms with Crippen LogP contribution < -0.4 is 4.90 Å². The van der Waals surface area contributed by atoms with Gasteiger partial charge in [-0.1, -0.05) is 113 Å². The number of allylic oxidation sites excluding steroid dienone is 8. The van der Waals surface area contributed by atoms with Crippen molar-refractivity contribution < 1.29 is 0 Å². The summed E-state index contributed by atoms with van der Waals surface area (Å²) in [7, 11) is 2.17. The Bertz CT molecular complexity index is 1890. The van der Waals surface area contributed by atoms with E-state index >= 15 is 0 Å². The summed E-state index contributed by atoms with van der Waals surface area (Å²) in [5.41, 5.74) is 10.8. The second kappa shape index (κ2) is 12.8. The number of hydrogen-bond donors (Lipinski definition) is 0. The van der Waals surface area contributed by atoms with Gasteiger partial charge >= 0.3 is 0 Å². The van der Waals surface area contributed by atoms with Crippen LogP contribution in [0.25, 0.3) is 5.69 Å². The first-order chi connectivity index (χ1) is 22.1. The first kappa shape index (κ1) is 31.6. The molecule has 0 N–H and O–H groups in total. The number of aromatic nitrogens is 4.